The number of urea groups is 1. The Kier molecular flexibility index (Phi) is 7.14. The van der Waals surface area contributed by atoms with Gasteiger partial charge in [-0.05, 0) is 47.9 Å². The molecule has 0 aliphatic carbocycles. The number of carboxylic acid groups (broad SMARTS) is 1. The summed E-state index contributed by atoms with van der Waals surface area (Å²) in [5.74, 6) is -1.08. The highest BCUT2D eigenvalue weighted by atomic mass is 32.1. The standard InChI is InChI=1S/C28H25N5O4S/c1-2-3-12-29-28(37)30-20-9-11-24-21(14-20)25(19-7-4-17(16-34)5-8-19)26(27(35)36)33(24)15-18-6-10-22-23(13-18)32-38-31-22/h4-11,13-14,16H,2-3,12,15H2,1H3,(H,35,36)(H2,29,30,37). The highest BCUT2D eigenvalue weighted by Crippen LogP contribution is 2.37. The zero-order valence-corrected chi connectivity index (χ0v) is 21.4. The van der Waals surface area contributed by atoms with Gasteiger partial charge in [-0.25, -0.2) is 9.59 Å². The molecule has 3 N–H and O–H groups in total. The van der Waals surface area contributed by atoms with E-state index >= 15 is 0 Å². The predicted molar refractivity (Wildman–Crippen MR) is 148 cm³/mol. The first-order valence-electron chi connectivity index (χ1n) is 12.2. The number of anilines is 1. The lowest BCUT2D eigenvalue weighted by molar-refractivity contribution is 0.0687. The van der Waals surface area contributed by atoms with Crippen molar-refractivity contribution < 1.29 is 19.5 Å². The molecule has 2 amide bonds. The Morgan fingerprint density at radius 1 is 1.03 bits per heavy atom. The van der Waals surface area contributed by atoms with Gasteiger partial charge in [0.1, 0.15) is 23.0 Å². The summed E-state index contributed by atoms with van der Waals surface area (Å²) in [4.78, 5) is 36.3. The number of carboxylic acids is 1. The first-order valence-corrected chi connectivity index (χ1v) is 12.9. The molecule has 9 nitrogen and oxygen atoms in total. The number of carbonyl (C=O) groups excluding carboxylic acids is 2. The van der Waals surface area contributed by atoms with Crippen LogP contribution < -0.4 is 10.6 Å². The highest BCUT2D eigenvalue weighted by molar-refractivity contribution is 7.00. The fourth-order valence-electron chi connectivity index (χ4n) is 4.50. The van der Waals surface area contributed by atoms with Crippen molar-refractivity contribution in [2.45, 2.75) is 26.3 Å². The van der Waals surface area contributed by atoms with Gasteiger partial charge in [-0.2, -0.15) is 8.75 Å². The zero-order valence-electron chi connectivity index (χ0n) is 20.6. The SMILES string of the molecule is CCCCNC(=O)Nc1ccc2c(c1)c(-c1ccc(C=O)cc1)c(C(=O)O)n2Cc1ccc2nsnc2c1. The van der Waals surface area contributed by atoms with Crippen LogP contribution in [0.15, 0.2) is 60.7 Å². The van der Waals surface area contributed by atoms with Crippen molar-refractivity contribution in [3.8, 4) is 11.1 Å². The molecular formula is C28H25N5O4S. The lowest BCUT2D eigenvalue weighted by Gasteiger charge is -2.10. The number of amides is 2. The van der Waals surface area contributed by atoms with Gasteiger partial charge in [-0.1, -0.05) is 43.7 Å². The number of rotatable bonds is 9. The van der Waals surface area contributed by atoms with E-state index in [-0.39, 0.29) is 11.7 Å². The van der Waals surface area contributed by atoms with Gasteiger partial charge in [0, 0.05) is 40.8 Å². The number of hydrogen-bond donors (Lipinski definition) is 3. The second-order valence-electron chi connectivity index (χ2n) is 8.91. The van der Waals surface area contributed by atoms with Crippen molar-refractivity contribution in [3.63, 3.8) is 0 Å². The number of unbranched alkanes of at least 4 members (excludes halogenated alkanes) is 1. The van der Waals surface area contributed by atoms with Crippen LogP contribution in [0.25, 0.3) is 33.1 Å². The number of fused-ring (bicyclic) bond motifs is 2. The minimum absolute atomic E-state index is 0.111. The third kappa shape index (κ3) is 4.98. The number of carbonyl (C=O) groups is 3. The molecular weight excluding hydrogens is 502 g/mol. The molecule has 3 aromatic carbocycles. The molecule has 0 unspecified atom stereocenters. The van der Waals surface area contributed by atoms with Crippen LogP contribution in [0.5, 0.6) is 0 Å². The largest absolute Gasteiger partial charge is 0.477 e. The van der Waals surface area contributed by atoms with E-state index in [0.29, 0.717) is 46.4 Å². The Morgan fingerprint density at radius 2 is 1.82 bits per heavy atom. The van der Waals surface area contributed by atoms with Crippen LogP contribution in [0.4, 0.5) is 10.5 Å². The second kappa shape index (κ2) is 10.8. The summed E-state index contributed by atoms with van der Waals surface area (Å²) >= 11 is 1.13. The monoisotopic (exact) mass is 527 g/mol. The Bertz CT molecular complexity index is 1660. The molecule has 0 saturated heterocycles. The van der Waals surface area contributed by atoms with Gasteiger partial charge >= 0.3 is 12.0 Å². The molecule has 0 aliphatic rings. The molecule has 0 aliphatic heterocycles. The molecule has 5 aromatic rings. The summed E-state index contributed by atoms with van der Waals surface area (Å²) < 4.78 is 10.3. The van der Waals surface area contributed by atoms with E-state index in [2.05, 4.69) is 19.4 Å². The molecule has 2 heterocycles. The van der Waals surface area contributed by atoms with Gasteiger partial charge in [-0.3, -0.25) is 4.79 Å². The molecule has 0 fully saturated rings. The van der Waals surface area contributed by atoms with E-state index < -0.39 is 5.97 Å². The molecule has 10 heteroatoms. The third-order valence-electron chi connectivity index (χ3n) is 6.33. The van der Waals surface area contributed by atoms with Crippen LogP contribution in [-0.2, 0) is 6.54 Å². The Hall–Kier alpha value is -4.57. The van der Waals surface area contributed by atoms with E-state index in [1.54, 1.807) is 41.0 Å². The third-order valence-corrected chi connectivity index (χ3v) is 6.89. The Labute approximate surface area is 222 Å². The normalized spacial score (nSPS) is 11.1. The van der Waals surface area contributed by atoms with E-state index in [9.17, 15) is 19.5 Å². The van der Waals surface area contributed by atoms with Gasteiger partial charge in [-0.15, -0.1) is 0 Å². The maximum atomic E-state index is 12.7. The van der Waals surface area contributed by atoms with Crippen LogP contribution >= 0.6 is 11.7 Å². The van der Waals surface area contributed by atoms with Crippen molar-refractivity contribution in [2.24, 2.45) is 0 Å². The molecule has 192 valence electrons. The molecule has 0 atom stereocenters. The van der Waals surface area contributed by atoms with Gasteiger partial charge in [0.25, 0.3) is 0 Å². The second-order valence-corrected chi connectivity index (χ2v) is 9.44. The van der Waals surface area contributed by atoms with Crippen molar-refractivity contribution in [1.82, 2.24) is 18.6 Å². The van der Waals surface area contributed by atoms with Crippen molar-refractivity contribution in [2.75, 3.05) is 11.9 Å². The van der Waals surface area contributed by atoms with Gasteiger partial charge in [0.2, 0.25) is 0 Å². The van der Waals surface area contributed by atoms with E-state index in [4.69, 9.17) is 0 Å². The number of nitrogens with zero attached hydrogens (tertiary/aromatic N) is 3. The van der Waals surface area contributed by atoms with Gasteiger partial charge < -0.3 is 20.3 Å². The predicted octanol–water partition coefficient (Wildman–Crippen LogP) is 5.79. The summed E-state index contributed by atoms with van der Waals surface area (Å²) in [6, 6.07) is 17.5. The number of nitrogens with one attached hydrogen (secondary N) is 2. The maximum Gasteiger partial charge on any atom is 0.353 e. The van der Waals surface area contributed by atoms with Crippen LogP contribution in [0.3, 0.4) is 0 Å². The molecule has 0 saturated carbocycles. The van der Waals surface area contributed by atoms with Gasteiger partial charge in [0.05, 0.1) is 11.7 Å². The minimum atomic E-state index is -1.08. The highest BCUT2D eigenvalue weighted by Gasteiger charge is 2.24. The molecule has 38 heavy (non-hydrogen) atoms. The van der Waals surface area contributed by atoms with Crippen molar-refractivity contribution in [1.29, 1.82) is 0 Å². The Balaban J connectivity index is 1.64. The maximum absolute atomic E-state index is 12.7. The van der Waals surface area contributed by atoms with Crippen LogP contribution in [-0.4, -0.2) is 43.3 Å². The lowest BCUT2D eigenvalue weighted by Crippen LogP contribution is -2.29. The van der Waals surface area contributed by atoms with E-state index in [0.717, 1.165) is 47.5 Å². The van der Waals surface area contributed by atoms with Crippen molar-refractivity contribution in [3.05, 3.63) is 77.5 Å². The smallest absolute Gasteiger partial charge is 0.353 e. The molecule has 5 rings (SSSR count). The fourth-order valence-corrected chi connectivity index (χ4v) is 5.02. The average Bonchev–Trinajstić information content (AvgIpc) is 3.51. The minimum Gasteiger partial charge on any atom is -0.477 e. The summed E-state index contributed by atoms with van der Waals surface area (Å²) in [5.41, 5.74) is 5.43. The van der Waals surface area contributed by atoms with Crippen molar-refractivity contribution >= 4 is 57.6 Å². The lowest BCUT2D eigenvalue weighted by atomic mass is 10.0. The quantitative estimate of drug-likeness (QED) is 0.164. The zero-order chi connectivity index (χ0) is 26.6. The number of aromatic nitrogens is 3. The van der Waals surface area contributed by atoms with E-state index in [1.807, 2.05) is 31.2 Å². The Morgan fingerprint density at radius 3 is 2.55 bits per heavy atom. The average molecular weight is 528 g/mol. The topological polar surface area (TPSA) is 126 Å². The summed E-state index contributed by atoms with van der Waals surface area (Å²) in [5, 5.41) is 16.7. The number of aromatic carboxylic acids is 1. The fraction of sp³-hybridized carbons (Fsp3) is 0.179. The number of aldehydes is 1. The molecule has 0 radical (unpaired) electrons. The van der Waals surface area contributed by atoms with E-state index in [1.165, 1.54) is 0 Å². The number of benzene rings is 3. The van der Waals surface area contributed by atoms with Gasteiger partial charge in [0.15, 0.2) is 0 Å². The number of hydrogen-bond acceptors (Lipinski definition) is 6. The molecule has 0 spiro atoms. The first kappa shape index (κ1) is 25.1. The summed E-state index contributed by atoms with van der Waals surface area (Å²) in [7, 11) is 0. The summed E-state index contributed by atoms with van der Waals surface area (Å²) in [6.07, 6.45) is 2.59. The van der Waals surface area contributed by atoms with Crippen LogP contribution in [0, 0.1) is 0 Å². The molecule has 2 aromatic heterocycles. The molecule has 0 bridgehead atoms. The summed E-state index contributed by atoms with van der Waals surface area (Å²) in [6.45, 7) is 2.91. The van der Waals surface area contributed by atoms with Crippen LogP contribution in [0.1, 0.15) is 46.2 Å². The van der Waals surface area contributed by atoms with Crippen LogP contribution in [0.2, 0.25) is 0 Å². The first-order chi connectivity index (χ1) is 18.5.